The zero-order valence-corrected chi connectivity index (χ0v) is 48.0. The Morgan fingerprint density at radius 3 is 1.81 bits per heavy atom. The Bertz CT molecular complexity index is 2450. The van der Waals surface area contributed by atoms with Crippen molar-refractivity contribution in [3.05, 3.63) is 59.3 Å². The third-order valence-electron chi connectivity index (χ3n) is 10.5. The van der Waals surface area contributed by atoms with Crippen molar-refractivity contribution in [2.24, 2.45) is 0 Å². The molecule has 0 bridgehead atoms. The van der Waals surface area contributed by atoms with Crippen LogP contribution in [0.3, 0.4) is 0 Å². The summed E-state index contributed by atoms with van der Waals surface area (Å²) in [5, 5.41) is 20.9. The fraction of sp³-hybridized carbons (Fsp3) is 0.545. The number of H-pyrrole nitrogens is 1. The maximum absolute atomic E-state index is 14.5. The summed E-state index contributed by atoms with van der Waals surface area (Å²) in [4.78, 5) is 89.1. The third-order valence-corrected chi connectivity index (χ3v) is 14.5. The van der Waals surface area contributed by atoms with E-state index < -0.39 is 84.8 Å². The lowest BCUT2D eigenvalue weighted by Gasteiger charge is -2.42. The van der Waals surface area contributed by atoms with Crippen LogP contribution in [0.4, 0.5) is 9.59 Å². The van der Waals surface area contributed by atoms with Crippen LogP contribution < -0.4 is 14.8 Å². The van der Waals surface area contributed by atoms with E-state index in [4.69, 9.17) is 145 Å². The topological polar surface area (TPSA) is 245 Å². The molecule has 20 nitrogen and oxygen atoms in total. The molecule has 6 heterocycles. The van der Waals surface area contributed by atoms with Gasteiger partial charge in [-0.15, -0.1) is 35.3 Å². The molecule has 8 rings (SSSR count). The molecule has 33 heteroatoms. The van der Waals surface area contributed by atoms with E-state index in [-0.39, 0.29) is 66.0 Å². The number of thioether (sulfide) groups is 3. The first-order chi connectivity index (χ1) is 34.8. The first-order valence-corrected chi connectivity index (χ1v) is 28.4. The van der Waals surface area contributed by atoms with Crippen molar-refractivity contribution in [1.29, 1.82) is 0 Å². The van der Waals surface area contributed by atoms with E-state index in [9.17, 15) is 28.8 Å². The molecule has 1 aromatic heterocycles. The van der Waals surface area contributed by atoms with E-state index in [1.807, 2.05) is 30.3 Å². The van der Waals surface area contributed by atoms with Crippen LogP contribution in [0.2, 0.25) is 0 Å². The van der Waals surface area contributed by atoms with Gasteiger partial charge in [-0.05, 0) is 29.3 Å². The number of benzene rings is 2. The molecule has 0 radical (unpaired) electrons. The first kappa shape index (κ1) is 70.9. The van der Waals surface area contributed by atoms with Gasteiger partial charge < -0.3 is 43.8 Å². The highest BCUT2D eigenvalue weighted by Crippen LogP contribution is 2.45. The van der Waals surface area contributed by atoms with Gasteiger partial charge in [0.25, 0.3) is 0 Å². The second-order valence-corrected chi connectivity index (χ2v) is 26.2. The van der Waals surface area contributed by atoms with Gasteiger partial charge in [0.05, 0.1) is 24.9 Å². The second kappa shape index (κ2) is 32.5. The third kappa shape index (κ3) is 21.0. The SMILES string of the molecule is C.C.C.COC(=O)[C@H]1Cc2c([nH]c3ccccc23)[C@@H](c2ccc3c(c2)OCO3)N1C(=O)[C@@H]1CSCN1C(=O)OCC(Cl)(Cl)Cl.ClCOOCC(Cl)(Cl)Cl.O=C(O)[C@@H]1CSCN1.O=C(O)[C@@H]1CSCN1C(=O)OCC(Cl)(Cl)Cl. The van der Waals surface area contributed by atoms with Gasteiger partial charge in [-0.25, -0.2) is 29.0 Å². The molecule has 5 aliphatic rings. The normalized spacial score (nSPS) is 20.2. The lowest BCUT2D eigenvalue weighted by molar-refractivity contribution is -0.279. The molecule has 3 amide bonds. The van der Waals surface area contributed by atoms with Crippen LogP contribution in [0, 0.1) is 0 Å². The number of fused-ring (bicyclic) bond motifs is 4. The molecule has 3 aromatic rings. The zero-order chi connectivity index (χ0) is 54.5. The Kier molecular flexibility index (Phi) is 29.9. The number of para-hydroxylation sites is 1. The lowest BCUT2D eigenvalue weighted by Crippen LogP contribution is -2.58. The maximum atomic E-state index is 14.5. The summed E-state index contributed by atoms with van der Waals surface area (Å²) in [6.07, 6.45) is -1.36. The van der Waals surface area contributed by atoms with Crippen LogP contribution in [0.15, 0.2) is 42.5 Å². The number of alkyl halides is 10. The molecule has 0 unspecified atom stereocenters. The van der Waals surface area contributed by atoms with E-state index >= 15 is 0 Å². The smallest absolute Gasteiger partial charge is 0.411 e. The number of hydrogen-bond donors (Lipinski definition) is 4. The number of hydrogen-bond acceptors (Lipinski definition) is 17. The summed E-state index contributed by atoms with van der Waals surface area (Å²) < 4.78 is 21.3. The molecule has 2 aromatic carbocycles. The van der Waals surface area contributed by atoms with Gasteiger partial charge in [0.2, 0.25) is 24.1 Å². The fourth-order valence-electron chi connectivity index (χ4n) is 7.28. The number of aliphatic carboxylic acids is 2. The number of halogens is 10. The number of carbonyl (C=O) groups is 6. The van der Waals surface area contributed by atoms with E-state index in [1.54, 1.807) is 23.9 Å². The van der Waals surface area contributed by atoms with Crippen molar-refractivity contribution in [3.8, 4) is 11.5 Å². The van der Waals surface area contributed by atoms with Gasteiger partial charge in [-0.3, -0.25) is 24.7 Å². The summed E-state index contributed by atoms with van der Waals surface area (Å²) in [7, 11) is 1.29. The van der Waals surface area contributed by atoms with Gasteiger partial charge in [-0.1, -0.05) is 163 Å². The Balaban J connectivity index is 0.000000461. The number of carboxylic acids is 2. The molecule has 5 aliphatic heterocycles. The van der Waals surface area contributed by atoms with Crippen LogP contribution in [-0.2, 0) is 49.6 Å². The molecule has 0 aliphatic carbocycles. The average molecular weight is 1340 g/mol. The van der Waals surface area contributed by atoms with E-state index in [0.29, 0.717) is 34.3 Å². The highest BCUT2D eigenvalue weighted by Gasteiger charge is 2.49. The Hall–Kier alpha value is -2.17. The van der Waals surface area contributed by atoms with Crippen molar-refractivity contribution >= 4 is 198 Å². The second-order valence-electron chi connectivity index (χ2n) is 15.4. The number of carbonyl (C=O) groups excluding carboxylic acids is 4. The van der Waals surface area contributed by atoms with Crippen LogP contribution in [0.5, 0.6) is 11.5 Å². The fourth-order valence-corrected chi connectivity index (χ4v) is 11.0. The highest BCUT2D eigenvalue weighted by molar-refractivity contribution is 8.00. The molecule has 5 atom stereocenters. The van der Waals surface area contributed by atoms with Gasteiger partial charge >= 0.3 is 30.1 Å². The number of rotatable bonds is 10. The van der Waals surface area contributed by atoms with Crippen LogP contribution in [0.1, 0.15) is 45.1 Å². The van der Waals surface area contributed by atoms with Crippen molar-refractivity contribution in [3.63, 3.8) is 0 Å². The predicted molar refractivity (Wildman–Crippen MR) is 306 cm³/mol. The van der Waals surface area contributed by atoms with Gasteiger partial charge in [0.15, 0.2) is 17.6 Å². The number of aromatic nitrogens is 1. The van der Waals surface area contributed by atoms with Crippen molar-refractivity contribution < 1.29 is 72.4 Å². The summed E-state index contributed by atoms with van der Waals surface area (Å²) in [5.74, 6) is 0.836. The summed E-state index contributed by atoms with van der Waals surface area (Å²) >= 11 is 58.6. The molecular formula is C44H55Cl10N5O15S3. The quantitative estimate of drug-likeness (QED) is 0.0368. The minimum atomic E-state index is -1.80. The van der Waals surface area contributed by atoms with E-state index in [1.165, 1.54) is 40.4 Å². The molecule has 3 fully saturated rings. The monoisotopic (exact) mass is 1340 g/mol. The number of aromatic amines is 1. The number of nitrogens with zero attached hydrogens (tertiary/aromatic N) is 3. The Morgan fingerprint density at radius 2 is 1.29 bits per heavy atom. The number of esters is 1. The van der Waals surface area contributed by atoms with Gasteiger partial charge in [0, 0.05) is 46.2 Å². The van der Waals surface area contributed by atoms with Crippen LogP contribution >= 0.6 is 151 Å². The zero-order valence-electron chi connectivity index (χ0n) is 38.0. The standard InChI is InChI=1S/C27H24Cl3N3O7S.C7H8Cl3NO4S.C4H7NO2S.C3H4Cl4O2.3CH4/c1-37-25(35)18-9-16-15-4-2-3-5-17(15)31-22(16)23(14-6-7-20-21(8-14)40-13-39-20)33(18)24(34)19-10-41-12-32(19)26(36)38-11-27(28,29)30;8-7(9,10)2-15-6(14)11-3-16-1-4(11)5(12)13;6-4(7)3-1-8-2-5-3;4-2-9-8-1-3(5,6)7;;;/h2-8,18-19,23,31H,9-13H2,1H3;4H,1-3H2,(H,12,13);3,5H,1-2H2,(H,6,7);1-2H2;3*1H4/t18-,19+,23-;4-;3-;;;;/m100..../s1. The van der Waals surface area contributed by atoms with Crippen LogP contribution in [-0.4, -0.2) is 176 Å². The predicted octanol–water partition coefficient (Wildman–Crippen LogP) is 10.9. The van der Waals surface area contributed by atoms with Crippen molar-refractivity contribution in [2.45, 2.75) is 70.3 Å². The first-order valence-electron chi connectivity index (χ1n) is 21.0. The van der Waals surface area contributed by atoms with Gasteiger partial charge in [-0.2, -0.15) is 0 Å². The largest absolute Gasteiger partial charge is 0.480 e. The molecule has 3 saturated heterocycles. The number of methoxy groups -OCH3 is 1. The molecule has 0 spiro atoms. The average Bonchev–Trinajstić information content (AvgIpc) is 4.21. The molecule has 77 heavy (non-hydrogen) atoms. The number of carboxylic acid groups (broad SMARTS) is 2. The highest BCUT2D eigenvalue weighted by atomic mass is 35.6. The van der Waals surface area contributed by atoms with Crippen molar-refractivity contribution in [1.82, 2.24) is 25.0 Å². The molecule has 4 N–H and O–H groups in total. The maximum Gasteiger partial charge on any atom is 0.411 e. The Labute approximate surface area is 507 Å². The molecule has 434 valence electrons. The number of nitrogens with one attached hydrogen (secondary N) is 2. The lowest BCUT2D eigenvalue weighted by atomic mass is 9.87. The van der Waals surface area contributed by atoms with Gasteiger partial charge in [0.1, 0.15) is 44.0 Å². The summed E-state index contributed by atoms with van der Waals surface area (Å²) in [5.41, 5.74) is 3.23. The number of ether oxygens (including phenoxy) is 5. The van der Waals surface area contributed by atoms with Crippen LogP contribution in [0.25, 0.3) is 10.9 Å². The van der Waals surface area contributed by atoms with E-state index in [2.05, 4.69) is 24.8 Å². The summed E-state index contributed by atoms with van der Waals surface area (Å²) in [6.45, 7) is -0.946. The van der Waals surface area contributed by atoms with E-state index in [0.717, 1.165) is 32.9 Å². The number of amides is 3. The molecule has 0 saturated carbocycles. The minimum absolute atomic E-state index is 0. The molecular weight excluding hydrogens is 1290 g/mol. The van der Waals surface area contributed by atoms with Crippen molar-refractivity contribution in [2.75, 3.05) is 74.7 Å². The summed E-state index contributed by atoms with van der Waals surface area (Å²) in [6, 6.07) is 9.26. The minimum Gasteiger partial charge on any atom is -0.480 e. The Morgan fingerprint density at radius 1 is 0.714 bits per heavy atom.